The number of rotatable bonds is 10. The zero-order valence-corrected chi connectivity index (χ0v) is 66.4. The topological polar surface area (TPSA) is 0 Å². The van der Waals surface area contributed by atoms with Crippen molar-refractivity contribution in [3.05, 3.63) is 490 Å². The predicted molar refractivity (Wildman–Crippen MR) is 439 cm³/mol. The van der Waals surface area contributed by atoms with E-state index in [1.807, 2.05) is 0 Å². The first-order chi connectivity index (χ1) is 51.1. The summed E-state index contributed by atoms with van der Waals surface area (Å²) in [6, 6.07) is 137. The van der Waals surface area contributed by atoms with Crippen molar-refractivity contribution >= 4 is 71.8 Å². The first kappa shape index (κ1) is 77.0. The Labute approximate surface area is 668 Å². The molecule has 2 aliphatic rings. The monoisotopic (exact) mass is 1550 g/mol. The van der Waals surface area contributed by atoms with Gasteiger partial charge in [-0.2, -0.15) is 11.1 Å². The molecule has 106 heavy (non-hydrogen) atoms. The van der Waals surface area contributed by atoms with Crippen LogP contribution in [-0.4, -0.2) is 6.41 Å². The minimum atomic E-state index is 0. The standard InChI is InChI=1S/2C23H17.2C15H13.2C13H10.2ClH.2Zr/c2*1-4-10-18(11-5-1)21-16-17-22(19-12-6-2-7-13-19)23(21)20-14-8-3-9-15-20;2*1-10-3-5-14-12(7-10)9-13-8-11(2)4-6-15(13)14;2*1-3-7-12(8-4-1)11-13-9-5-2-6-10-13;;;;/h2*1-16,22H;2*3-9H,1-2H3;2*1-10H;2*1H;;/q4*-1;;;;;2*+2/p-2. The first-order valence-electron chi connectivity index (χ1n) is 35.6. The maximum atomic E-state index is 3.57. The maximum absolute atomic E-state index is 3.57. The Balaban J connectivity index is 0.000000128. The van der Waals surface area contributed by atoms with Crippen LogP contribution < -0.4 is 24.8 Å². The van der Waals surface area contributed by atoms with Gasteiger partial charge >= 0.3 is 198 Å². The molecule has 0 spiro atoms. The van der Waals surface area contributed by atoms with Crippen molar-refractivity contribution in [2.45, 2.75) is 39.5 Å². The predicted octanol–water partition coefficient (Wildman–Crippen LogP) is 19.8. The van der Waals surface area contributed by atoms with E-state index < -0.39 is 0 Å². The van der Waals surface area contributed by atoms with Gasteiger partial charge in [0, 0.05) is 0 Å². The van der Waals surface area contributed by atoms with E-state index in [9.17, 15) is 0 Å². The zero-order valence-electron chi connectivity index (χ0n) is 60.0. The van der Waals surface area contributed by atoms with Crippen LogP contribution >= 0.6 is 0 Å². The molecule has 0 saturated heterocycles. The molecule has 16 aromatic carbocycles. The summed E-state index contributed by atoms with van der Waals surface area (Å²) < 4.78 is 2.83. The quantitative estimate of drug-likeness (QED) is 0.120. The van der Waals surface area contributed by atoms with Gasteiger partial charge in [0.15, 0.2) is 0 Å². The molecule has 0 saturated carbocycles. The molecule has 0 aliphatic heterocycles. The molecular weight excluding hydrogens is 1480 g/mol. The minimum absolute atomic E-state index is 0. The summed E-state index contributed by atoms with van der Waals surface area (Å²) in [5, 5.41) is 10.9. The van der Waals surface area contributed by atoms with Crippen LogP contribution in [0.2, 0.25) is 0 Å². The van der Waals surface area contributed by atoms with Gasteiger partial charge < -0.3 is 24.8 Å². The van der Waals surface area contributed by atoms with Gasteiger partial charge in [-0.15, -0.1) is 102 Å². The van der Waals surface area contributed by atoms with Crippen LogP contribution in [0, 0.1) is 39.8 Å². The van der Waals surface area contributed by atoms with Crippen molar-refractivity contribution in [1.29, 1.82) is 0 Å². The van der Waals surface area contributed by atoms with Gasteiger partial charge in [-0.25, -0.2) is 12.2 Å². The van der Waals surface area contributed by atoms with Crippen LogP contribution in [0.5, 0.6) is 0 Å². The molecule has 16 aromatic rings. The molecule has 2 unspecified atom stereocenters. The van der Waals surface area contributed by atoms with Crippen molar-refractivity contribution in [2.24, 2.45) is 0 Å². The summed E-state index contributed by atoms with van der Waals surface area (Å²) in [7, 11) is 0. The van der Waals surface area contributed by atoms with Crippen molar-refractivity contribution in [3.8, 4) is 0 Å². The summed E-state index contributed by atoms with van der Waals surface area (Å²) >= 11 is 2.92. The summed E-state index contributed by atoms with van der Waals surface area (Å²) in [5.41, 5.74) is 23.4. The number of hydrogen-bond acceptors (Lipinski definition) is 0. The van der Waals surface area contributed by atoms with Crippen molar-refractivity contribution in [2.75, 3.05) is 0 Å². The molecule has 0 N–H and O–H groups in total. The Morgan fingerprint density at radius 2 is 0.462 bits per heavy atom. The Morgan fingerprint density at radius 3 is 0.698 bits per heavy atom. The zero-order chi connectivity index (χ0) is 71.4. The number of halogens is 2. The molecular formula is C102H80Cl2Zr2-2. The molecule has 2 aliphatic carbocycles. The molecule has 4 heteroatoms. The van der Waals surface area contributed by atoms with E-state index in [4.69, 9.17) is 0 Å². The fourth-order valence-corrected chi connectivity index (χ4v) is 15.3. The van der Waals surface area contributed by atoms with Crippen LogP contribution in [-0.2, 0) is 48.5 Å². The van der Waals surface area contributed by atoms with Crippen LogP contribution in [0.1, 0.15) is 89.7 Å². The van der Waals surface area contributed by atoms with Gasteiger partial charge in [0.1, 0.15) is 0 Å². The van der Waals surface area contributed by atoms with E-state index in [-0.39, 0.29) is 36.6 Å². The number of fused-ring (bicyclic) bond motifs is 6. The van der Waals surface area contributed by atoms with Crippen molar-refractivity contribution in [1.82, 2.24) is 0 Å². The second-order valence-electron chi connectivity index (χ2n) is 26.3. The third-order valence-corrected chi connectivity index (χ3v) is 21.7. The van der Waals surface area contributed by atoms with Crippen LogP contribution in [0.15, 0.2) is 400 Å². The molecule has 0 fully saturated rings. The number of aryl methyl sites for hydroxylation is 4. The van der Waals surface area contributed by atoms with Gasteiger partial charge in [0.25, 0.3) is 0 Å². The van der Waals surface area contributed by atoms with Crippen LogP contribution in [0.3, 0.4) is 0 Å². The average molecular weight is 1560 g/mol. The van der Waals surface area contributed by atoms with E-state index in [1.165, 1.54) is 198 Å². The second-order valence-corrected chi connectivity index (χ2v) is 28.8. The van der Waals surface area contributed by atoms with Crippen LogP contribution in [0.25, 0.3) is 65.4 Å². The summed E-state index contributed by atoms with van der Waals surface area (Å²) in [4.78, 5) is 0. The van der Waals surface area contributed by atoms with Gasteiger partial charge in [-0.3, -0.25) is 12.2 Å². The number of allylic oxidation sites excluding steroid dienone is 8. The van der Waals surface area contributed by atoms with Gasteiger partial charge in [0.2, 0.25) is 0 Å². The Kier molecular flexibility index (Phi) is 27.8. The van der Waals surface area contributed by atoms with Crippen molar-refractivity contribution in [3.63, 3.8) is 0 Å². The van der Waals surface area contributed by atoms with E-state index in [0.717, 1.165) is 0 Å². The summed E-state index contributed by atoms with van der Waals surface area (Å²) in [6.07, 6.45) is 11.4. The third-order valence-electron chi connectivity index (χ3n) is 18.8. The second kappa shape index (κ2) is 38.2. The molecule has 2 atom stereocenters. The number of benzene rings is 14. The molecule has 0 radical (unpaired) electrons. The molecule has 0 amide bonds. The van der Waals surface area contributed by atoms with E-state index in [0.29, 0.717) is 0 Å². The summed E-state index contributed by atoms with van der Waals surface area (Å²) in [6.45, 7) is 8.56. The van der Waals surface area contributed by atoms with Gasteiger partial charge in [-0.1, -0.05) is 276 Å². The Morgan fingerprint density at radius 1 is 0.255 bits per heavy atom. The number of hydrogen-bond donors (Lipinski definition) is 0. The fraction of sp³-hybridized carbons (Fsp3) is 0.0588. The Hall–Kier alpha value is -10.1. The SMILES string of the molecule is Cc1ccc2c(c1)[cH-]c1cc(C)ccc12.Cc1ccc2c(c1)[cH-]c1cc(C)ccc12.[C-]1=CC(c2ccccc2)=C(c2ccccc2)C1c1ccccc1.[C-]1=CC(c2ccccc2)=C(c2ccccc2)C1c1ccccc1.[Cl-].[Cl-].[Zr+2]=[C](c1ccccc1)c1ccccc1.[Zr+2]=[C](c1ccccc1)c1ccccc1. The van der Waals surface area contributed by atoms with Crippen molar-refractivity contribution < 1.29 is 73.3 Å². The van der Waals surface area contributed by atoms with Gasteiger partial charge in [-0.05, 0) is 38.8 Å². The molecule has 512 valence electrons. The van der Waals surface area contributed by atoms with E-state index in [2.05, 4.69) is 440 Å². The molecule has 0 aromatic heterocycles. The molecule has 18 rings (SSSR count). The molecule has 0 bridgehead atoms. The molecule has 0 nitrogen and oxygen atoms in total. The van der Waals surface area contributed by atoms with Gasteiger partial charge in [0.05, 0.1) is 0 Å². The molecule has 0 heterocycles. The van der Waals surface area contributed by atoms with E-state index >= 15 is 0 Å². The summed E-state index contributed by atoms with van der Waals surface area (Å²) in [5.74, 6) is 0.377. The fourth-order valence-electron chi connectivity index (χ4n) is 13.7. The normalized spacial score (nSPS) is 13.1. The average Bonchev–Trinajstić information content (AvgIpc) is 1.66. The third kappa shape index (κ3) is 19.5. The Bertz CT molecular complexity index is 5080. The van der Waals surface area contributed by atoms with E-state index in [1.54, 1.807) is 0 Å². The first-order valence-corrected chi connectivity index (χ1v) is 38.1. The van der Waals surface area contributed by atoms with Crippen LogP contribution in [0.4, 0.5) is 0 Å².